The smallest absolute Gasteiger partial charge is 0.179 e. The largest absolute Gasteiger partial charge is 0.324 e. The first-order valence-corrected chi connectivity index (χ1v) is 37.3. The fourth-order valence-corrected chi connectivity index (χ4v) is 21.2. The molecule has 0 spiro atoms. The van der Waals surface area contributed by atoms with Crippen LogP contribution in [-0.4, -0.2) is 125 Å². The molecule has 0 unspecified atom stereocenters. The number of hydrogen-bond donors (Lipinski definition) is 2. The van der Waals surface area contributed by atoms with Crippen molar-refractivity contribution in [3.8, 4) is 45.6 Å². The first-order valence-electron chi connectivity index (χ1n) is 27.4. The molecular formula is C58H60N8O12S6. The number of H-pyrrole nitrogens is 2. The Kier molecular flexibility index (Phi) is 16.2. The zero-order chi connectivity index (χ0) is 60.3. The Hall–Kier alpha value is -7.10. The van der Waals surface area contributed by atoms with Crippen LogP contribution in [0.1, 0.15) is 91.2 Å². The van der Waals surface area contributed by atoms with E-state index in [-0.39, 0.29) is 117 Å². The maximum Gasteiger partial charge on any atom is 0.179 e. The lowest BCUT2D eigenvalue weighted by Crippen LogP contribution is -2.15. The molecular weight excluding hydrogens is 1190 g/mol. The van der Waals surface area contributed by atoms with Crippen molar-refractivity contribution in [3.05, 3.63) is 96.1 Å². The maximum atomic E-state index is 14.3. The lowest BCUT2D eigenvalue weighted by atomic mass is 10.0. The number of rotatable bonds is 20. The number of hydrogen-bond acceptors (Lipinski definition) is 18. The van der Waals surface area contributed by atoms with E-state index in [9.17, 15) is 50.5 Å². The van der Waals surface area contributed by atoms with Gasteiger partial charge in [0.25, 0.3) is 0 Å². The van der Waals surface area contributed by atoms with Gasteiger partial charge in [-0.2, -0.15) is 0 Å². The molecule has 0 radical (unpaired) electrons. The van der Waals surface area contributed by atoms with Crippen molar-refractivity contribution in [1.29, 1.82) is 0 Å². The molecule has 0 fully saturated rings. The molecule has 5 heterocycles. The van der Waals surface area contributed by atoms with E-state index in [4.69, 9.17) is 29.9 Å². The first kappa shape index (κ1) is 60.0. The van der Waals surface area contributed by atoms with Gasteiger partial charge in [-0.3, -0.25) is 0 Å². The summed E-state index contributed by atoms with van der Waals surface area (Å²) < 4.78 is 171. The molecule has 3 aromatic heterocycles. The summed E-state index contributed by atoms with van der Waals surface area (Å²) in [7, 11) is -25.9. The van der Waals surface area contributed by atoms with Gasteiger partial charge in [-0.05, 0) is 98.2 Å². The molecule has 20 nitrogen and oxygen atoms in total. The van der Waals surface area contributed by atoms with Crippen LogP contribution in [-0.2, 0) is 59.0 Å². The van der Waals surface area contributed by atoms with E-state index in [1.54, 1.807) is 47.6 Å². The standard InChI is InChI=1S/C58H60N8O12S6/c1-7-22-79(67,68)45-29-39-40(30-46(45)80(69,70)23-8-2)55-62-53(39)60-51-37-21-20-36(19-18-35-16-14-13-15-17-35)28-38(37)52(59-51)61-54-41-31-47(81(71,72)24-9-3)48(82(73,74)25-10-4)32-42(41)56(63-54)65-58-44-34-50(84(77,78)27-12-6)49(83(75,76)26-11-5)33-43(44)57(64-55)66-58/h13-21,28-34H,7-12,22-27H2,1-6H3,(H2,59,60,61,62,63,64,65,66)/b19-18-. The average molecular weight is 1250 g/mol. The van der Waals surface area contributed by atoms with Crippen LogP contribution in [0.25, 0.3) is 102 Å². The van der Waals surface area contributed by atoms with Crippen LogP contribution in [0.5, 0.6) is 0 Å². The molecule has 10 rings (SSSR count). The summed E-state index contributed by atoms with van der Waals surface area (Å²) in [6.07, 6.45) is 4.63. The summed E-state index contributed by atoms with van der Waals surface area (Å²) in [4.78, 5) is 33.2. The molecule has 0 saturated carbocycles. The highest BCUT2D eigenvalue weighted by atomic mass is 32.2. The molecule has 8 bridgehead atoms. The van der Waals surface area contributed by atoms with E-state index in [1.807, 2.05) is 54.6 Å². The molecule has 8 aromatic rings. The van der Waals surface area contributed by atoms with Crippen molar-refractivity contribution in [2.24, 2.45) is 0 Å². The third kappa shape index (κ3) is 11.2. The van der Waals surface area contributed by atoms with E-state index in [2.05, 4.69) is 9.97 Å². The number of aromatic amines is 2. The van der Waals surface area contributed by atoms with Gasteiger partial charge in [0.2, 0.25) is 0 Å². The van der Waals surface area contributed by atoms with Crippen molar-refractivity contribution in [1.82, 2.24) is 39.9 Å². The molecule has 2 aliphatic heterocycles. The lowest BCUT2D eigenvalue weighted by molar-refractivity contribution is 0.581. The fraction of sp³-hybridized carbons (Fsp3) is 0.310. The van der Waals surface area contributed by atoms with E-state index in [1.165, 1.54) is 24.3 Å². The SMILES string of the molecule is CCCS(=O)(=O)c1cc2c(cc1S(=O)(=O)CCC)-c1nc-2nc2[nH]c(nc3nc(nc4[nH]c(n1)c1cc(S(=O)(=O)CCC)c(S(=O)(=O)CCC)cc41)-c1cc(/C=C\c4ccccc4)ccc1-3)c1cc(S(=O)(=O)CCC)c(S(=O)(=O)CCC)cc21. The molecule has 84 heavy (non-hydrogen) atoms. The number of sulfone groups is 6. The molecule has 0 amide bonds. The van der Waals surface area contributed by atoms with Gasteiger partial charge in [-0.25, -0.2) is 80.4 Å². The summed E-state index contributed by atoms with van der Waals surface area (Å²) in [5.74, 6) is -2.93. The third-order valence-electron chi connectivity index (χ3n) is 14.2. The summed E-state index contributed by atoms with van der Waals surface area (Å²) in [5.41, 5.74) is 2.07. The predicted molar refractivity (Wildman–Crippen MR) is 325 cm³/mol. The lowest BCUT2D eigenvalue weighted by Gasteiger charge is -2.13. The Labute approximate surface area is 487 Å². The van der Waals surface area contributed by atoms with E-state index in [0.29, 0.717) is 16.7 Å². The van der Waals surface area contributed by atoms with Gasteiger partial charge < -0.3 is 9.97 Å². The highest BCUT2D eigenvalue weighted by Crippen LogP contribution is 2.43. The van der Waals surface area contributed by atoms with Crippen LogP contribution in [0.2, 0.25) is 0 Å². The van der Waals surface area contributed by atoms with Gasteiger partial charge in [0.1, 0.15) is 22.6 Å². The highest BCUT2D eigenvalue weighted by molar-refractivity contribution is 7.95. The molecule has 26 heteroatoms. The summed E-state index contributed by atoms with van der Waals surface area (Å²) >= 11 is 0. The van der Waals surface area contributed by atoms with Crippen molar-refractivity contribution in [2.45, 2.75) is 109 Å². The number of fused-ring (bicyclic) bond motifs is 20. The topological polar surface area (TPSA) is 314 Å². The minimum atomic E-state index is -4.35. The zero-order valence-electron chi connectivity index (χ0n) is 46.8. The second kappa shape index (κ2) is 22.7. The predicted octanol–water partition coefficient (Wildman–Crippen LogP) is 10.1. The summed E-state index contributed by atoms with van der Waals surface area (Å²) in [6, 6.07) is 22.2. The van der Waals surface area contributed by atoms with Crippen LogP contribution in [0.4, 0.5) is 0 Å². The number of benzene rings is 5. The molecule has 2 aliphatic rings. The minimum Gasteiger partial charge on any atom is -0.324 e. The van der Waals surface area contributed by atoms with Crippen LogP contribution in [0.3, 0.4) is 0 Å². The third-order valence-corrected chi connectivity index (χ3v) is 26.3. The zero-order valence-corrected chi connectivity index (χ0v) is 51.7. The van der Waals surface area contributed by atoms with Crippen molar-refractivity contribution >= 4 is 115 Å². The van der Waals surface area contributed by atoms with Crippen LogP contribution < -0.4 is 0 Å². The Bertz CT molecular complexity index is 4970. The fourth-order valence-electron chi connectivity index (χ4n) is 10.4. The normalized spacial score (nSPS) is 13.3. The van der Waals surface area contributed by atoms with Gasteiger partial charge in [-0.15, -0.1) is 0 Å². The molecule has 440 valence electrons. The van der Waals surface area contributed by atoms with Gasteiger partial charge in [0.05, 0.1) is 63.9 Å². The molecule has 2 N–H and O–H groups in total. The molecule has 0 saturated heterocycles. The first-order chi connectivity index (χ1) is 39.8. The Morgan fingerprint density at radius 1 is 0.310 bits per heavy atom. The molecule has 0 atom stereocenters. The minimum absolute atomic E-state index is 0.0321. The highest BCUT2D eigenvalue weighted by Gasteiger charge is 2.34. The number of nitrogens with one attached hydrogen (secondary N) is 2. The van der Waals surface area contributed by atoms with Crippen molar-refractivity contribution < 1.29 is 50.5 Å². The second-order valence-electron chi connectivity index (χ2n) is 20.6. The van der Waals surface area contributed by atoms with Crippen molar-refractivity contribution in [3.63, 3.8) is 0 Å². The number of aromatic nitrogens is 8. The molecule has 0 aliphatic carbocycles. The van der Waals surface area contributed by atoms with Crippen LogP contribution >= 0.6 is 0 Å². The Balaban J connectivity index is 1.44. The van der Waals surface area contributed by atoms with E-state index in [0.717, 1.165) is 17.7 Å². The van der Waals surface area contributed by atoms with Gasteiger partial charge >= 0.3 is 0 Å². The quantitative estimate of drug-likeness (QED) is 0.0670. The van der Waals surface area contributed by atoms with E-state index < -0.39 is 123 Å². The van der Waals surface area contributed by atoms with Gasteiger partial charge in [0.15, 0.2) is 82.3 Å². The average Bonchev–Trinajstić information content (AvgIpc) is 1.91. The summed E-state index contributed by atoms with van der Waals surface area (Å²) in [5, 5.41) is 0.295. The van der Waals surface area contributed by atoms with E-state index >= 15 is 0 Å². The Morgan fingerprint density at radius 3 is 0.893 bits per heavy atom. The second-order valence-corrected chi connectivity index (χ2v) is 33.1. The van der Waals surface area contributed by atoms with Gasteiger partial charge in [0, 0.05) is 43.8 Å². The molecule has 5 aromatic carbocycles. The van der Waals surface area contributed by atoms with Crippen LogP contribution in [0.15, 0.2) is 114 Å². The maximum absolute atomic E-state index is 14.3. The van der Waals surface area contributed by atoms with Crippen LogP contribution in [0, 0.1) is 0 Å². The monoisotopic (exact) mass is 1250 g/mol. The van der Waals surface area contributed by atoms with Gasteiger partial charge in [-0.1, -0.05) is 90.1 Å². The summed E-state index contributed by atoms with van der Waals surface area (Å²) in [6.45, 7) is 9.84. The Morgan fingerprint density at radius 2 is 0.583 bits per heavy atom. The van der Waals surface area contributed by atoms with Crippen molar-refractivity contribution in [2.75, 3.05) is 34.5 Å². The number of nitrogens with zero attached hydrogens (tertiary/aromatic N) is 6.